The Bertz CT molecular complexity index is 389. The third-order valence-corrected chi connectivity index (χ3v) is 1.94. The number of carbonyl (C=O) groups excluding carboxylic acids is 2. The smallest absolute Gasteiger partial charge is 0.238 e. The van der Waals surface area contributed by atoms with E-state index in [2.05, 4.69) is 5.32 Å². The Morgan fingerprint density at radius 3 is 2.41 bits per heavy atom. The van der Waals surface area contributed by atoms with Gasteiger partial charge in [0.2, 0.25) is 11.8 Å². The number of nitrogens with one attached hydrogen (secondary N) is 1. The second-order valence-electron chi connectivity index (χ2n) is 3.34. The summed E-state index contributed by atoms with van der Waals surface area (Å²) in [5, 5.41) is 2.60. The fraction of sp³-hybridized carbons (Fsp3) is 0.273. The number of hydrogen-bond acceptors (Lipinski definition) is 4. The summed E-state index contributed by atoms with van der Waals surface area (Å²) >= 11 is 0. The van der Waals surface area contributed by atoms with E-state index < -0.39 is 5.91 Å². The van der Waals surface area contributed by atoms with Gasteiger partial charge in [0.15, 0.2) is 0 Å². The third kappa shape index (κ3) is 4.98. The Morgan fingerprint density at radius 1 is 1.24 bits per heavy atom. The summed E-state index contributed by atoms with van der Waals surface area (Å²) in [4.78, 5) is 21.5. The Kier molecular flexibility index (Phi) is 4.96. The molecule has 6 heteroatoms. The summed E-state index contributed by atoms with van der Waals surface area (Å²) in [7, 11) is 0. The van der Waals surface area contributed by atoms with Crippen molar-refractivity contribution >= 4 is 17.5 Å². The van der Waals surface area contributed by atoms with Gasteiger partial charge in [-0.3, -0.25) is 9.59 Å². The molecule has 0 spiro atoms. The molecule has 6 nitrogen and oxygen atoms in total. The molecule has 0 aliphatic carbocycles. The molecule has 0 heterocycles. The molecule has 17 heavy (non-hydrogen) atoms. The second-order valence-corrected chi connectivity index (χ2v) is 3.34. The van der Waals surface area contributed by atoms with Gasteiger partial charge in [-0.2, -0.15) is 0 Å². The van der Waals surface area contributed by atoms with Gasteiger partial charge in [0.1, 0.15) is 5.75 Å². The molecule has 2 amide bonds. The number of nitrogens with two attached hydrogens (primary N) is 2. The molecule has 1 aromatic carbocycles. The highest BCUT2D eigenvalue weighted by Gasteiger charge is 2.00. The normalized spacial score (nSPS) is 9.71. The van der Waals surface area contributed by atoms with Gasteiger partial charge in [0.25, 0.3) is 0 Å². The van der Waals surface area contributed by atoms with Crippen molar-refractivity contribution in [3.8, 4) is 5.75 Å². The monoisotopic (exact) mass is 237 g/mol. The number of hydrogen-bond donors (Lipinski definition) is 3. The molecule has 0 saturated carbocycles. The summed E-state index contributed by atoms with van der Waals surface area (Å²) < 4.78 is 5.26. The van der Waals surface area contributed by atoms with E-state index in [0.29, 0.717) is 11.4 Å². The van der Waals surface area contributed by atoms with E-state index in [1.165, 1.54) is 0 Å². The van der Waals surface area contributed by atoms with Gasteiger partial charge in [-0.1, -0.05) is 0 Å². The molecule has 0 radical (unpaired) electrons. The maximum absolute atomic E-state index is 11.0. The Balaban J connectivity index is 2.44. The van der Waals surface area contributed by atoms with E-state index in [1.807, 2.05) is 0 Å². The first-order valence-corrected chi connectivity index (χ1v) is 5.13. The maximum atomic E-state index is 11.0. The van der Waals surface area contributed by atoms with Crippen molar-refractivity contribution in [2.75, 3.05) is 18.5 Å². The number of primary amides is 1. The number of benzene rings is 1. The zero-order chi connectivity index (χ0) is 12.7. The van der Waals surface area contributed by atoms with Crippen LogP contribution < -0.4 is 21.5 Å². The molecule has 5 N–H and O–H groups in total. The second kappa shape index (κ2) is 6.49. The lowest BCUT2D eigenvalue weighted by molar-refractivity contribution is -0.118. The summed E-state index contributed by atoms with van der Waals surface area (Å²) in [5.74, 6) is -0.0544. The van der Waals surface area contributed by atoms with E-state index in [0.717, 1.165) is 0 Å². The Labute approximate surface area is 98.9 Å². The highest BCUT2D eigenvalue weighted by Crippen LogP contribution is 2.15. The Morgan fingerprint density at radius 2 is 1.88 bits per heavy atom. The zero-order valence-electron chi connectivity index (χ0n) is 9.31. The predicted octanol–water partition coefficient (Wildman–Crippen LogP) is -0.162. The molecule has 0 saturated heterocycles. The molecule has 0 fully saturated rings. The van der Waals surface area contributed by atoms with Gasteiger partial charge >= 0.3 is 0 Å². The molecular formula is C11H15N3O3. The predicted molar refractivity (Wildman–Crippen MR) is 63.4 cm³/mol. The molecule has 0 atom stereocenters. The van der Waals surface area contributed by atoms with Gasteiger partial charge in [0, 0.05) is 5.69 Å². The van der Waals surface area contributed by atoms with Gasteiger partial charge in [-0.25, -0.2) is 0 Å². The van der Waals surface area contributed by atoms with Crippen molar-refractivity contribution in [3.05, 3.63) is 24.3 Å². The molecule has 0 bridgehead atoms. The Hall–Kier alpha value is -2.08. The van der Waals surface area contributed by atoms with E-state index >= 15 is 0 Å². The van der Waals surface area contributed by atoms with Crippen LogP contribution in [0.5, 0.6) is 5.75 Å². The van der Waals surface area contributed by atoms with Crippen LogP contribution in [0.1, 0.15) is 6.42 Å². The first-order valence-electron chi connectivity index (χ1n) is 5.13. The van der Waals surface area contributed by atoms with Crippen LogP contribution in [0.15, 0.2) is 24.3 Å². The highest BCUT2D eigenvalue weighted by atomic mass is 16.5. The first kappa shape index (κ1) is 13.0. The SMILES string of the molecule is NCC(=O)Nc1ccc(OCCC(N)=O)cc1. The lowest BCUT2D eigenvalue weighted by Gasteiger charge is -2.06. The van der Waals surface area contributed by atoms with Gasteiger partial charge < -0.3 is 21.5 Å². The van der Waals surface area contributed by atoms with Crippen LogP contribution in [-0.2, 0) is 9.59 Å². The number of carbonyl (C=O) groups is 2. The fourth-order valence-corrected chi connectivity index (χ4v) is 1.12. The van der Waals surface area contributed by atoms with Crippen molar-refractivity contribution in [1.29, 1.82) is 0 Å². The molecule has 0 aliphatic rings. The standard InChI is InChI=1S/C11H15N3O3/c12-7-11(16)14-8-1-3-9(4-2-8)17-6-5-10(13)15/h1-4H,5-7,12H2,(H2,13,15)(H,14,16). The lowest BCUT2D eigenvalue weighted by atomic mass is 10.3. The maximum Gasteiger partial charge on any atom is 0.238 e. The van der Waals surface area contributed by atoms with Crippen molar-refractivity contribution in [2.24, 2.45) is 11.5 Å². The summed E-state index contributed by atoms with van der Waals surface area (Å²) in [6.07, 6.45) is 0.172. The number of anilines is 1. The van der Waals surface area contributed by atoms with Crippen LogP contribution >= 0.6 is 0 Å². The number of ether oxygens (including phenoxy) is 1. The quantitative estimate of drug-likeness (QED) is 0.638. The first-order chi connectivity index (χ1) is 8.11. The summed E-state index contributed by atoms with van der Waals surface area (Å²) in [6.45, 7) is 0.181. The highest BCUT2D eigenvalue weighted by molar-refractivity contribution is 5.92. The van der Waals surface area contributed by atoms with E-state index in [-0.39, 0.29) is 25.5 Å². The van der Waals surface area contributed by atoms with Crippen LogP contribution in [0, 0.1) is 0 Å². The molecule has 1 rings (SSSR count). The minimum Gasteiger partial charge on any atom is -0.493 e. The molecule has 0 aromatic heterocycles. The minimum atomic E-state index is -0.406. The third-order valence-electron chi connectivity index (χ3n) is 1.94. The van der Waals surface area contributed by atoms with Gasteiger partial charge in [-0.05, 0) is 24.3 Å². The van der Waals surface area contributed by atoms with Gasteiger partial charge in [-0.15, -0.1) is 0 Å². The van der Waals surface area contributed by atoms with E-state index in [4.69, 9.17) is 16.2 Å². The van der Waals surface area contributed by atoms with Crippen molar-refractivity contribution in [2.45, 2.75) is 6.42 Å². The van der Waals surface area contributed by atoms with Crippen molar-refractivity contribution < 1.29 is 14.3 Å². The van der Waals surface area contributed by atoms with Crippen LogP contribution in [0.4, 0.5) is 5.69 Å². The largest absolute Gasteiger partial charge is 0.493 e. The molecule has 0 aliphatic heterocycles. The average molecular weight is 237 g/mol. The van der Waals surface area contributed by atoms with Crippen LogP contribution in [-0.4, -0.2) is 25.0 Å². The van der Waals surface area contributed by atoms with Crippen LogP contribution in [0.25, 0.3) is 0 Å². The summed E-state index contributed by atoms with van der Waals surface area (Å²) in [6, 6.07) is 6.75. The number of amides is 2. The van der Waals surface area contributed by atoms with Crippen LogP contribution in [0.2, 0.25) is 0 Å². The fourth-order valence-electron chi connectivity index (χ4n) is 1.12. The van der Waals surface area contributed by atoms with E-state index in [1.54, 1.807) is 24.3 Å². The average Bonchev–Trinajstić information content (AvgIpc) is 2.31. The number of rotatable bonds is 6. The summed E-state index contributed by atoms with van der Waals surface area (Å²) in [5.41, 5.74) is 10.8. The van der Waals surface area contributed by atoms with Crippen molar-refractivity contribution in [1.82, 2.24) is 0 Å². The molecule has 0 unspecified atom stereocenters. The van der Waals surface area contributed by atoms with Crippen LogP contribution in [0.3, 0.4) is 0 Å². The minimum absolute atomic E-state index is 0.0587. The lowest BCUT2D eigenvalue weighted by Crippen LogP contribution is -2.21. The molecule has 1 aromatic rings. The topological polar surface area (TPSA) is 107 Å². The molecular weight excluding hydrogens is 222 g/mol. The van der Waals surface area contributed by atoms with Crippen molar-refractivity contribution in [3.63, 3.8) is 0 Å². The zero-order valence-corrected chi connectivity index (χ0v) is 9.31. The van der Waals surface area contributed by atoms with E-state index in [9.17, 15) is 9.59 Å². The van der Waals surface area contributed by atoms with Gasteiger partial charge in [0.05, 0.1) is 19.6 Å². The molecule has 92 valence electrons.